The molecule has 0 radical (unpaired) electrons. The highest BCUT2D eigenvalue weighted by molar-refractivity contribution is 5.96. The molecule has 5 amide bonds. The van der Waals surface area contributed by atoms with E-state index >= 15 is 0 Å². The number of rotatable bonds is 8. The number of fused-ring (bicyclic) bond motifs is 5. The van der Waals surface area contributed by atoms with E-state index < -0.39 is 83.2 Å². The van der Waals surface area contributed by atoms with Crippen molar-refractivity contribution in [3.8, 4) is 0 Å². The van der Waals surface area contributed by atoms with Gasteiger partial charge in [-0.3, -0.25) is 24.0 Å². The lowest BCUT2D eigenvalue weighted by Gasteiger charge is -2.38. The van der Waals surface area contributed by atoms with Crippen LogP contribution >= 0.6 is 0 Å². The third-order valence-electron chi connectivity index (χ3n) is 9.19. The fourth-order valence-corrected chi connectivity index (χ4v) is 7.09. The van der Waals surface area contributed by atoms with Gasteiger partial charge in [-0.15, -0.1) is 0 Å². The molecule has 10 nitrogen and oxygen atoms in total. The Bertz CT molecular complexity index is 1140. The van der Waals surface area contributed by atoms with Crippen molar-refractivity contribution < 1.29 is 50.3 Å². The summed E-state index contributed by atoms with van der Waals surface area (Å²) in [6.07, 6.45) is -6.60. The van der Waals surface area contributed by atoms with E-state index in [1.807, 2.05) is 0 Å². The fourth-order valence-electron chi connectivity index (χ4n) is 7.09. The number of nitrogens with zero attached hydrogens (tertiary/aromatic N) is 1. The molecule has 4 rings (SSSR count). The second-order valence-corrected chi connectivity index (χ2v) is 12.9. The molecule has 2 saturated heterocycles. The van der Waals surface area contributed by atoms with Gasteiger partial charge in [0.15, 0.2) is 0 Å². The first-order valence-corrected chi connectivity index (χ1v) is 13.8. The molecule has 0 aromatic rings. The number of hydrogen-bond donors (Lipinski definition) is 4. The molecule has 5 N–H and O–H groups in total. The Labute approximate surface area is 237 Å². The predicted molar refractivity (Wildman–Crippen MR) is 133 cm³/mol. The highest BCUT2D eigenvalue weighted by Crippen LogP contribution is 2.58. The van der Waals surface area contributed by atoms with Gasteiger partial charge in [0.2, 0.25) is 23.6 Å². The summed E-state index contributed by atoms with van der Waals surface area (Å²) in [6.45, 7) is 4.26. The second-order valence-electron chi connectivity index (χ2n) is 12.9. The van der Waals surface area contributed by atoms with Gasteiger partial charge in [0.1, 0.15) is 24.3 Å². The van der Waals surface area contributed by atoms with Gasteiger partial charge in [-0.25, -0.2) is 4.39 Å². The molecule has 2 aliphatic carbocycles. The molecule has 0 aromatic carbocycles. The van der Waals surface area contributed by atoms with Crippen molar-refractivity contribution in [2.45, 2.75) is 82.9 Å². The number of nitrogens with one attached hydrogen (secondary N) is 3. The zero-order valence-electron chi connectivity index (χ0n) is 23.3. The molecule has 2 bridgehead atoms. The SMILES string of the molecule is CC(C)(C)[C@H](NC(=O)C(F)(F)C(F)(F)F)C(=O)N1CC2C3CC(F)C(C3)C2C1C(=O)N[C@@H](C[C@@H]1CCNC1=O)C(N)=O. The summed E-state index contributed by atoms with van der Waals surface area (Å²) in [5.74, 6) is -14.3. The van der Waals surface area contributed by atoms with Crippen LogP contribution in [-0.2, 0) is 24.0 Å². The molecule has 2 heterocycles. The van der Waals surface area contributed by atoms with Crippen LogP contribution in [0.15, 0.2) is 0 Å². The molecule has 16 heteroatoms. The van der Waals surface area contributed by atoms with E-state index in [4.69, 9.17) is 5.73 Å². The highest BCUT2D eigenvalue weighted by atomic mass is 19.4. The summed E-state index contributed by atoms with van der Waals surface area (Å²) in [6, 6.07) is -4.66. The number of nitrogens with two attached hydrogens (primary N) is 1. The molecule has 0 aromatic heterocycles. The van der Waals surface area contributed by atoms with Crippen molar-refractivity contribution in [1.29, 1.82) is 0 Å². The van der Waals surface area contributed by atoms with Crippen molar-refractivity contribution in [2.75, 3.05) is 13.1 Å². The van der Waals surface area contributed by atoms with E-state index in [2.05, 4.69) is 10.6 Å². The van der Waals surface area contributed by atoms with Gasteiger partial charge in [0.25, 0.3) is 0 Å². The number of halogens is 6. The van der Waals surface area contributed by atoms with Crippen molar-refractivity contribution in [3.05, 3.63) is 0 Å². The van der Waals surface area contributed by atoms with Gasteiger partial charge in [-0.1, -0.05) is 20.8 Å². The minimum atomic E-state index is -6.22. The van der Waals surface area contributed by atoms with Crippen LogP contribution in [0, 0.1) is 35.0 Å². The number of carbonyl (C=O) groups is 5. The Morgan fingerprint density at radius 1 is 1.05 bits per heavy atom. The summed E-state index contributed by atoms with van der Waals surface area (Å²) in [5.41, 5.74) is 4.10. The maximum Gasteiger partial charge on any atom is 0.463 e. The normalized spacial score (nSPS) is 32.3. The van der Waals surface area contributed by atoms with Crippen LogP contribution in [0.3, 0.4) is 0 Å². The lowest BCUT2D eigenvalue weighted by molar-refractivity contribution is -0.270. The number of amides is 5. The third kappa shape index (κ3) is 5.64. The number of alkyl halides is 6. The summed E-state index contributed by atoms with van der Waals surface area (Å²) in [5, 5.41) is 6.62. The van der Waals surface area contributed by atoms with Gasteiger partial charge < -0.3 is 26.6 Å². The van der Waals surface area contributed by atoms with Crippen LogP contribution in [0.2, 0.25) is 0 Å². The molecule has 4 aliphatic rings. The largest absolute Gasteiger partial charge is 0.463 e. The molecule has 42 heavy (non-hydrogen) atoms. The quantitative estimate of drug-likeness (QED) is 0.303. The van der Waals surface area contributed by atoms with E-state index in [0.29, 0.717) is 19.4 Å². The fraction of sp³-hybridized carbons (Fsp3) is 0.808. The number of likely N-dealkylation sites (tertiary alicyclic amines) is 1. The summed E-state index contributed by atoms with van der Waals surface area (Å²) in [4.78, 5) is 65.0. The minimum absolute atomic E-state index is 0.125. The molecule has 2 saturated carbocycles. The topological polar surface area (TPSA) is 151 Å². The van der Waals surface area contributed by atoms with E-state index in [9.17, 15) is 50.3 Å². The third-order valence-corrected chi connectivity index (χ3v) is 9.19. The van der Waals surface area contributed by atoms with Crippen LogP contribution in [0.5, 0.6) is 0 Å². The Balaban J connectivity index is 1.63. The van der Waals surface area contributed by atoms with Crippen molar-refractivity contribution in [3.63, 3.8) is 0 Å². The number of hydrogen-bond acceptors (Lipinski definition) is 5. The van der Waals surface area contributed by atoms with Gasteiger partial charge in [-0.2, -0.15) is 22.0 Å². The van der Waals surface area contributed by atoms with Gasteiger partial charge in [0, 0.05) is 19.0 Å². The van der Waals surface area contributed by atoms with Crippen LogP contribution in [0.25, 0.3) is 0 Å². The van der Waals surface area contributed by atoms with Crippen LogP contribution in [-0.4, -0.2) is 83.9 Å². The van der Waals surface area contributed by atoms with Crippen LogP contribution in [0.1, 0.15) is 46.5 Å². The average molecular weight is 612 g/mol. The Morgan fingerprint density at radius 2 is 1.69 bits per heavy atom. The van der Waals surface area contributed by atoms with E-state index in [0.717, 1.165) is 4.90 Å². The van der Waals surface area contributed by atoms with Crippen LogP contribution in [0.4, 0.5) is 26.3 Å². The summed E-state index contributed by atoms with van der Waals surface area (Å²) in [7, 11) is 0. The summed E-state index contributed by atoms with van der Waals surface area (Å²) < 4.78 is 81.2. The lowest BCUT2D eigenvalue weighted by Crippen LogP contribution is -2.63. The lowest BCUT2D eigenvalue weighted by atomic mass is 9.77. The van der Waals surface area contributed by atoms with Gasteiger partial charge in [0.05, 0.1) is 0 Å². The molecule has 6 unspecified atom stereocenters. The Kier molecular flexibility index (Phi) is 8.26. The Morgan fingerprint density at radius 3 is 2.21 bits per heavy atom. The van der Waals surface area contributed by atoms with Crippen molar-refractivity contribution in [2.24, 2.45) is 40.7 Å². The summed E-state index contributed by atoms with van der Waals surface area (Å²) >= 11 is 0. The monoisotopic (exact) mass is 611 g/mol. The van der Waals surface area contributed by atoms with Crippen molar-refractivity contribution >= 4 is 29.5 Å². The average Bonchev–Trinajstić information content (AvgIpc) is 3.61. The maximum atomic E-state index is 14.9. The van der Waals surface area contributed by atoms with Gasteiger partial charge in [-0.05, 0) is 54.8 Å². The van der Waals surface area contributed by atoms with Crippen LogP contribution < -0.4 is 21.7 Å². The van der Waals surface area contributed by atoms with E-state index in [1.54, 1.807) is 5.32 Å². The molecule has 4 fully saturated rings. The highest BCUT2D eigenvalue weighted by Gasteiger charge is 2.66. The molecular weight excluding hydrogens is 576 g/mol. The second kappa shape index (κ2) is 10.9. The van der Waals surface area contributed by atoms with Gasteiger partial charge >= 0.3 is 18.0 Å². The first-order valence-electron chi connectivity index (χ1n) is 13.8. The predicted octanol–water partition coefficient (Wildman–Crippen LogP) is 1.03. The molecule has 236 valence electrons. The number of primary amides is 1. The standard InChI is InChI=1S/C26H35F6N5O5/c1-24(2,3)18(36-23(42)25(28,29)26(30,31)32)22(41)37-9-13-11-6-12(14(27)7-11)16(13)17(37)21(40)35-15(19(33)38)8-10-4-5-34-20(10)39/h10-18H,4-9H2,1-3H3,(H2,33,38)(H,34,39)(H,35,40)(H,36,42)/t10-,11?,12?,13?,14?,15-,16?,17?,18+/m0/s1. The van der Waals surface area contributed by atoms with E-state index in [-0.39, 0.29) is 37.1 Å². The van der Waals surface area contributed by atoms with Crippen molar-refractivity contribution in [1.82, 2.24) is 20.9 Å². The zero-order valence-corrected chi connectivity index (χ0v) is 23.3. The molecular formula is C26H35F6N5O5. The smallest absolute Gasteiger partial charge is 0.368 e. The molecule has 0 spiro atoms. The maximum absolute atomic E-state index is 14.9. The minimum Gasteiger partial charge on any atom is -0.368 e. The Hall–Kier alpha value is -3.07. The molecule has 2 aliphatic heterocycles. The van der Waals surface area contributed by atoms with E-state index in [1.165, 1.54) is 20.8 Å². The molecule has 9 atom stereocenters. The first-order chi connectivity index (χ1) is 19.3. The number of carbonyl (C=O) groups excluding carboxylic acids is 5. The zero-order chi connectivity index (χ0) is 31.5. The first kappa shape index (κ1) is 31.9.